The van der Waals surface area contributed by atoms with Crippen molar-refractivity contribution in [2.24, 2.45) is 0 Å². The Morgan fingerprint density at radius 3 is 2.48 bits per heavy atom. The van der Waals surface area contributed by atoms with E-state index in [0.29, 0.717) is 37.5 Å². The molecule has 0 bridgehead atoms. The average molecular weight is 369 g/mol. The molecule has 3 rings (SSSR count). The molecule has 1 unspecified atom stereocenters. The first-order chi connectivity index (χ1) is 13.1. The van der Waals surface area contributed by atoms with Gasteiger partial charge in [0, 0.05) is 12.1 Å². The highest BCUT2D eigenvalue weighted by atomic mass is 16.6. The van der Waals surface area contributed by atoms with E-state index < -0.39 is 0 Å². The molecule has 1 heterocycles. The lowest BCUT2D eigenvalue weighted by atomic mass is 9.97. The second-order valence-corrected chi connectivity index (χ2v) is 6.35. The summed E-state index contributed by atoms with van der Waals surface area (Å²) in [4.78, 5) is 24.0. The van der Waals surface area contributed by atoms with Gasteiger partial charge in [-0.25, -0.2) is 4.79 Å². The van der Waals surface area contributed by atoms with Gasteiger partial charge in [-0.1, -0.05) is 13.0 Å². The van der Waals surface area contributed by atoms with Gasteiger partial charge in [0.1, 0.15) is 13.2 Å². The minimum Gasteiger partial charge on any atom is -0.486 e. The number of nitrogens with one attached hydrogen (secondary N) is 1. The maximum absolute atomic E-state index is 12.3. The van der Waals surface area contributed by atoms with E-state index in [9.17, 15) is 9.59 Å². The summed E-state index contributed by atoms with van der Waals surface area (Å²) in [6.07, 6.45) is 0.333. The molecule has 0 aliphatic carbocycles. The van der Waals surface area contributed by atoms with Crippen LogP contribution in [0.2, 0.25) is 0 Å². The van der Waals surface area contributed by atoms with Crippen LogP contribution in [0.1, 0.15) is 42.1 Å². The molecule has 2 aromatic rings. The number of amides is 1. The number of anilines is 1. The highest BCUT2D eigenvalue weighted by Crippen LogP contribution is 2.33. The van der Waals surface area contributed by atoms with Gasteiger partial charge in [0.2, 0.25) is 5.91 Å². The Balaban J connectivity index is 1.58. The monoisotopic (exact) mass is 369 g/mol. The number of ether oxygens (including phenoxy) is 3. The van der Waals surface area contributed by atoms with Gasteiger partial charge >= 0.3 is 5.97 Å². The third-order valence-corrected chi connectivity index (χ3v) is 4.31. The maximum atomic E-state index is 12.3. The largest absolute Gasteiger partial charge is 0.486 e. The predicted octanol–water partition coefficient (Wildman–Crippen LogP) is 3.77. The van der Waals surface area contributed by atoms with E-state index in [1.807, 2.05) is 25.1 Å². The van der Waals surface area contributed by atoms with Crippen molar-refractivity contribution in [3.05, 3.63) is 53.6 Å². The summed E-state index contributed by atoms with van der Waals surface area (Å²) >= 11 is 0. The Bertz CT molecular complexity index is 816. The lowest BCUT2D eigenvalue weighted by Crippen LogP contribution is -2.16. The average Bonchev–Trinajstić information content (AvgIpc) is 2.68. The molecule has 0 radical (unpaired) electrons. The van der Waals surface area contributed by atoms with E-state index in [1.54, 1.807) is 31.2 Å². The van der Waals surface area contributed by atoms with Crippen LogP contribution in [0.15, 0.2) is 42.5 Å². The van der Waals surface area contributed by atoms with Gasteiger partial charge in [0.05, 0.1) is 12.2 Å². The SMILES string of the molecule is CCOC(=O)c1ccc(NC(=O)CC(C)c2ccc3c(c2)OCCO3)cc1. The number of carbonyl (C=O) groups excluding carboxylic acids is 2. The highest BCUT2D eigenvalue weighted by molar-refractivity contribution is 5.93. The van der Waals surface area contributed by atoms with E-state index in [4.69, 9.17) is 14.2 Å². The lowest BCUT2D eigenvalue weighted by Gasteiger charge is -2.20. The van der Waals surface area contributed by atoms with E-state index in [0.717, 1.165) is 17.1 Å². The quantitative estimate of drug-likeness (QED) is 0.785. The number of carbonyl (C=O) groups is 2. The third kappa shape index (κ3) is 4.78. The van der Waals surface area contributed by atoms with Crippen LogP contribution in [0.3, 0.4) is 0 Å². The first kappa shape index (κ1) is 18.8. The molecule has 1 atom stereocenters. The molecular weight excluding hydrogens is 346 g/mol. The zero-order valence-electron chi connectivity index (χ0n) is 15.5. The minimum absolute atomic E-state index is 0.0274. The number of rotatable bonds is 6. The topological polar surface area (TPSA) is 73.9 Å². The third-order valence-electron chi connectivity index (χ3n) is 4.31. The zero-order chi connectivity index (χ0) is 19.2. The fourth-order valence-electron chi connectivity index (χ4n) is 2.88. The second-order valence-electron chi connectivity index (χ2n) is 6.35. The smallest absolute Gasteiger partial charge is 0.338 e. The first-order valence-corrected chi connectivity index (χ1v) is 9.03. The van der Waals surface area contributed by atoms with Gasteiger partial charge in [-0.15, -0.1) is 0 Å². The molecule has 0 aromatic heterocycles. The van der Waals surface area contributed by atoms with Gasteiger partial charge < -0.3 is 19.5 Å². The molecule has 142 valence electrons. The summed E-state index contributed by atoms with van der Waals surface area (Å²) in [5.74, 6) is 1.02. The van der Waals surface area contributed by atoms with Crippen molar-refractivity contribution >= 4 is 17.6 Å². The van der Waals surface area contributed by atoms with Crippen LogP contribution >= 0.6 is 0 Å². The maximum Gasteiger partial charge on any atom is 0.338 e. The number of esters is 1. The standard InChI is InChI=1S/C21H23NO5/c1-3-25-21(24)15-4-7-17(8-5-15)22-20(23)12-14(2)16-6-9-18-19(13-16)27-11-10-26-18/h4-9,13-14H,3,10-12H2,1-2H3,(H,22,23). The number of hydrogen-bond donors (Lipinski definition) is 1. The summed E-state index contributed by atoms with van der Waals surface area (Å²) in [7, 11) is 0. The molecule has 2 aromatic carbocycles. The Morgan fingerprint density at radius 1 is 1.07 bits per heavy atom. The van der Waals surface area contributed by atoms with Crippen LogP contribution in [0.4, 0.5) is 5.69 Å². The van der Waals surface area contributed by atoms with Crippen LogP contribution in [0, 0.1) is 0 Å². The Labute approximate surface area is 158 Å². The van der Waals surface area contributed by atoms with Gasteiger partial charge in [0.25, 0.3) is 0 Å². The number of fused-ring (bicyclic) bond motifs is 1. The van der Waals surface area contributed by atoms with E-state index in [1.165, 1.54) is 0 Å². The molecule has 0 saturated carbocycles. The van der Waals surface area contributed by atoms with Gasteiger partial charge in [-0.2, -0.15) is 0 Å². The second kappa shape index (κ2) is 8.58. The van der Waals surface area contributed by atoms with Crippen molar-refractivity contribution in [2.45, 2.75) is 26.2 Å². The number of hydrogen-bond acceptors (Lipinski definition) is 5. The predicted molar refractivity (Wildman–Crippen MR) is 101 cm³/mol. The van der Waals surface area contributed by atoms with Crippen molar-refractivity contribution < 1.29 is 23.8 Å². The van der Waals surface area contributed by atoms with Gasteiger partial charge in [-0.05, 0) is 54.8 Å². The Hall–Kier alpha value is -3.02. The molecule has 0 spiro atoms. The number of benzene rings is 2. The fraction of sp³-hybridized carbons (Fsp3) is 0.333. The fourth-order valence-corrected chi connectivity index (χ4v) is 2.88. The Kier molecular flexibility index (Phi) is 5.96. The van der Waals surface area contributed by atoms with Crippen molar-refractivity contribution in [1.82, 2.24) is 0 Å². The van der Waals surface area contributed by atoms with Crippen LogP contribution in [0.25, 0.3) is 0 Å². The molecule has 0 fully saturated rings. The van der Waals surface area contributed by atoms with Crippen LogP contribution in [-0.4, -0.2) is 31.7 Å². The van der Waals surface area contributed by atoms with Crippen molar-refractivity contribution in [2.75, 3.05) is 25.1 Å². The minimum atomic E-state index is -0.373. The Morgan fingerprint density at radius 2 is 1.78 bits per heavy atom. The normalized spacial score (nSPS) is 13.6. The van der Waals surface area contributed by atoms with Gasteiger partial charge in [0.15, 0.2) is 11.5 Å². The lowest BCUT2D eigenvalue weighted by molar-refractivity contribution is -0.116. The summed E-state index contributed by atoms with van der Waals surface area (Å²) < 4.78 is 16.1. The molecule has 1 amide bonds. The van der Waals surface area contributed by atoms with E-state index in [-0.39, 0.29) is 17.8 Å². The summed E-state index contributed by atoms with van der Waals surface area (Å²) in [5.41, 5.74) is 2.12. The van der Waals surface area contributed by atoms with Crippen LogP contribution in [0.5, 0.6) is 11.5 Å². The van der Waals surface area contributed by atoms with Crippen LogP contribution in [-0.2, 0) is 9.53 Å². The van der Waals surface area contributed by atoms with Crippen molar-refractivity contribution in [3.8, 4) is 11.5 Å². The first-order valence-electron chi connectivity index (χ1n) is 9.03. The van der Waals surface area contributed by atoms with Gasteiger partial charge in [-0.3, -0.25) is 4.79 Å². The summed E-state index contributed by atoms with van der Waals surface area (Å²) in [6.45, 7) is 5.17. The van der Waals surface area contributed by atoms with E-state index >= 15 is 0 Å². The molecule has 1 aliphatic rings. The van der Waals surface area contributed by atoms with Crippen LogP contribution < -0.4 is 14.8 Å². The van der Waals surface area contributed by atoms with Crippen molar-refractivity contribution in [1.29, 1.82) is 0 Å². The molecule has 6 heteroatoms. The molecular formula is C21H23NO5. The van der Waals surface area contributed by atoms with E-state index in [2.05, 4.69) is 5.32 Å². The highest BCUT2D eigenvalue weighted by Gasteiger charge is 2.17. The van der Waals surface area contributed by atoms with Crippen molar-refractivity contribution in [3.63, 3.8) is 0 Å². The summed E-state index contributed by atoms with van der Waals surface area (Å²) in [6, 6.07) is 12.4. The molecule has 1 aliphatic heterocycles. The molecule has 0 saturated heterocycles. The summed E-state index contributed by atoms with van der Waals surface area (Å²) in [5, 5.41) is 2.86. The molecule has 1 N–H and O–H groups in total. The zero-order valence-corrected chi connectivity index (χ0v) is 15.5. The molecule has 27 heavy (non-hydrogen) atoms. The molecule has 6 nitrogen and oxygen atoms in total.